The molecule has 0 amide bonds. The highest BCUT2D eigenvalue weighted by molar-refractivity contribution is 5.91. The molecule has 0 spiro atoms. The van der Waals surface area contributed by atoms with Gasteiger partial charge in [-0.1, -0.05) is 6.07 Å². The molecule has 0 aliphatic carbocycles. The molecule has 2 heterocycles. The molecule has 0 bridgehead atoms. The molecule has 0 aromatic carbocycles. The van der Waals surface area contributed by atoms with Gasteiger partial charge in [0.05, 0.1) is 13.1 Å². The molecule has 1 aromatic heterocycles. The summed E-state index contributed by atoms with van der Waals surface area (Å²) >= 11 is 0. The van der Waals surface area contributed by atoms with Gasteiger partial charge in [0.25, 0.3) is 5.84 Å². The van der Waals surface area contributed by atoms with E-state index in [2.05, 4.69) is 9.56 Å². The molecule has 1 aliphatic rings. The Morgan fingerprint density at radius 2 is 2.08 bits per heavy atom. The Morgan fingerprint density at radius 3 is 2.69 bits per heavy atom. The van der Waals surface area contributed by atoms with Crippen molar-refractivity contribution in [2.45, 2.75) is 12.8 Å². The van der Waals surface area contributed by atoms with E-state index in [0.29, 0.717) is 0 Å². The summed E-state index contributed by atoms with van der Waals surface area (Å²) in [6, 6.07) is 5.82. The van der Waals surface area contributed by atoms with Crippen LogP contribution in [0.3, 0.4) is 0 Å². The maximum atomic E-state index is 5.98. The Morgan fingerprint density at radius 1 is 1.31 bits per heavy atom. The molecule has 2 rings (SSSR count). The number of amidine groups is 1. The van der Waals surface area contributed by atoms with Crippen LogP contribution in [0.25, 0.3) is 0 Å². The van der Waals surface area contributed by atoms with E-state index in [4.69, 9.17) is 5.73 Å². The van der Waals surface area contributed by atoms with Crippen LogP contribution in [0.4, 0.5) is 0 Å². The van der Waals surface area contributed by atoms with Crippen molar-refractivity contribution in [2.75, 3.05) is 13.1 Å². The van der Waals surface area contributed by atoms with Crippen LogP contribution in [0.15, 0.2) is 24.4 Å². The molecular weight excluding hydrogens is 162 g/mol. The van der Waals surface area contributed by atoms with Gasteiger partial charge < -0.3 is 0 Å². The number of nitrogens with two attached hydrogens (primary N) is 1. The van der Waals surface area contributed by atoms with Crippen molar-refractivity contribution in [3.8, 4) is 0 Å². The highest BCUT2D eigenvalue weighted by atomic mass is 15.1. The standard InChI is InChI=1S/C10H13N3/c11-10(13-7-3-4-8-13)9-5-1-2-6-12-9/h1-2,5-6,11H,3-4,7-8H2/p+1. The van der Waals surface area contributed by atoms with Gasteiger partial charge in [-0.25, -0.2) is 4.98 Å². The summed E-state index contributed by atoms with van der Waals surface area (Å²) < 4.78 is 2.20. The lowest BCUT2D eigenvalue weighted by Crippen LogP contribution is -2.28. The van der Waals surface area contributed by atoms with E-state index in [-0.39, 0.29) is 0 Å². The molecule has 3 nitrogen and oxygen atoms in total. The lowest BCUT2D eigenvalue weighted by molar-refractivity contribution is -0.506. The number of hydrogen-bond donors (Lipinski definition) is 1. The van der Waals surface area contributed by atoms with Gasteiger partial charge in [-0.2, -0.15) is 0 Å². The molecular formula is C10H14N3+. The number of rotatable bonds is 1. The number of aromatic nitrogens is 1. The first kappa shape index (κ1) is 8.23. The molecule has 3 heteroatoms. The second-order valence-electron chi connectivity index (χ2n) is 3.29. The van der Waals surface area contributed by atoms with Crippen molar-refractivity contribution in [3.05, 3.63) is 30.1 Å². The Balaban J connectivity index is 2.30. The second kappa shape index (κ2) is 3.56. The first-order valence-electron chi connectivity index (χ1n) is 4.67. The van der Waals surface area contributed by atoms with E-state index in [1.165, 1.54) is 12.8 Å². The van der Waals surface area contributed by atoms with Gasteiger partial charge in [0, 0.05) is 6.20 Å². The van der Waals surface area contributed by atoms with Crippen molar-refractivity contribution >= 4 is 5.84 Å². The van der Waals surface area contributed by atoms with E-state index in [1.807, 2.05) is 18.2 Å². The minimum atomic E-state index is 0.818. The Kier molecular flexibility index (Phi) is 2.25. The maximum Gasteiger partial charge on any atom is 0.293 e. The summed E-state index contributed by atoms with van der Waals surface area (Å²) in [6.07, 6.45) is 4.26. The highest BCUT2D eigenvalue weighted by Gasteiger charge is 2.16. The normalized spacial score (nSPS) is 16.2. The van der Waals surface area contributed by atoms with E-state index in [1.54, 1.807) is 6.20 Å². The van der Waals surface area contributed by atoms with Gasteiger partial charge in [-0.3, -0.25) is 10.3 Å². The fourth-order valence-electron chi connectivity index (χ4n) is 1.63. The predicted octanol–water partition coefficient (Wildman–Crippen LogP) is 0.593. The number of pyridine rings is 1. The smallest absolute Gasteiger partial charge is 0.285 e. The van der Waals surface area contributed by atoms with Crippen LogP contribution in [-0.4, -0.2) is 28.5 Å². The van der Waals surface area contributed by atoms with Gasteiger partial charge >= 0.3 is 0 Å². The van der Waals surface area contributed by atoms with Gasteiger partial charge in [0.15, 0.2) is 5.69 Å². The van der Waals surface area contributed by atoms with Crippen molar-refractivity contribution in [3.63, 3.8) is 0 Å². The topological polar surface area (TPSA) is 41.9 Å². The monoisotopic (exact) mass is 176 g/mol. The fourth-order valence-corrected chi connectivity index (χ4v) is 1.63. The third-order valence-electron chi connectivity index (χ3n) is 2.37. The van der Waals surface area contributed by atoms with Gasteiger partial charge in [-0.05, 0) is 25.0 Å². The molecule has 1 aliphatic heterocycles. The molecule has 13 heavy (non-hydrogen) atoms. The Hall–Kier alpha value is -1.38. The highest BCUT2D eigenvalue weighted by Crippen LogP contribution is 2.03. The molecule has 0 radical (unpaired) electrons. The fraction of sp³-hybridized carbons (Fsp3) is 0.400. The zero-order valence-corrected chi connectivity index (χ0v) is 7.61. The summed E-state index contributed by atoms with van der Waals surface area (Å²) in [5.74, 6) is 0.818. The summed E-state index contributed by atoms with van der Waals surface area (Å²) in [7, 11) is 0. The van der Waals surface area contributed by atoms with Crippen LogP contribution >= 0.6 is 0 Å². The molecule has 1 saturated heterocycles. The minimum absolute atomic E-state index is 0.818. The summed E-state index contributed by atoms with van der Waals surface area (Å²) in [5.41, 5.74) is 6.87. The van der Waals surface area contributed by atoms with Gasteiger partial charge in [-0.15, -0.1) is 0 Å². The van der Waals surface area contributed by atoms with Gasteiger partial charge in [0.2, 0.25) is 0 Å². The molecule has 0 saturated carbocycles. The molecule has 0 unspecified atom stereocenters. The second-order valence-corrected chi connectivity index (χ2v) is 3.29. The third kappa shape index (κ3) is 1.69. The van der Waals surface area contributed by atoms with Crippen LogP contribution in [0.5, 0.6) is 0 Å². The zero-order valence-electron chi connectivity index (χ0n) is 7.61. The van der Waals surface area contributed by atoms with Crippen LogP contribution in [0, 0.1) is 0 Å². The molecule has 1 fully saturated rings. The molecule has 2 N–H and O–H groups in total. The Labute approximate surface area is 77.9 Å². The molecule has 0 atom stereocenters. The van der Waals surface area contributed by atoms with Crippen LogP contribution in [0.2, 0.25) is 0 Å². The Bertz CT molecular complexity index is 308. The summed E-state index contributed by atoms with van der Waals surface area (Å²) in [5, 5.41) is 0. The number of nitrogens with zero attached hydrogens (tertiary/aromatic N) is 2. The van der Waals surface area contributed by atoms with Crippen molar-refractivity contribution in [1.29, 1.82) is 0 Å². The largest absolute Gasteiger partial charge is 0.293 e. The van der Waals surface area contributed by atoms with Crippen molar-refractivity contribution in [2.24, 2.45) is 5.73 Å². The summed E-state index contributed by atoms with van der Waals surface area (Å²) in [6.45, 7) is 2.14. The molecule has 1 aromatic rings. The van der Waals surface area contributed by atoms with E-state index >= 15 is 0 Å². The van der Waals surface area contributed by atoms with Crippen LogP contribution < -0.4 is 5.73 Å². The van der Waals surface area contributed by atoms with Crippen LogP contribution in [0.1, 0.15) is 18.5 Å². The average molecular weight is 176 g/mol. The predicted molar refractivity (Wildman–Crippen MR) is 51.8 cm³/mol. The minimum Gasteiger partial charge on any atom is -0.285 e. The SMILES string of the molecule is NC(c1ccccn1)=[N+]1CCCC1. The van der Waals surface area contributed by atoms with E-state index in [9.17, 15) is 0 Å². The third-order valence-corrected chi connectivity index (χ3v) is 2.37. The lowest BCUT2D eigenvalue weighted by atomic mass is 10.3. The quantitative estimate of drug-likeness (QED) is 0.502. The van der Waals surface area contributed by atoms with Crippen LogP contribution in [-0.2, 0) is 0 Å². The van der Waals surface area contributed by atoms with Crippen molar-refractivity contribution < 1.29 is 4.58 Å². The molecule has 68 valence electrons. The van der Waals surface area contributed by atoms with E-state index in [0.717, 1.165) is 24.6 Å². The van der Waals surface area contributed by atoms with Gasteiger partial charge in [0.1, 0.15) is 0 Å². The average Bonchev–Trinajstić information content (AvgIpc) is 2.71. The first-order chi connectivity index (χ1) is 6.38. The lowest BCUT2D eigenvalue weighted by Gasteiger charge is -2.00. The first-order valence-corrected chi connectivity index (χ1v) is 4.67. The van der Waals surface area contributed by atoms with E-state index < -0.39 is 0 Å². The van der Waals surface area contributed by atoms with Crippen molar-refractivity contribution in [1.82, 2.24) is 4.98 Å². The maximum absolute atomic E-state index is 5.98. The zero-order chi connectivity index (χ0) is 9.10. The summed E-state index contributed by atoms with van der Waals surface area (Å²) in [4.78, 5) is 4.22. The number of hydrogen-bond acceptors (Lipinski definition) is 1.